The number of aromatic nitrogens is 2. The molecule has 8 aromatic rings. The molecule has 10 rings (SSSR count). The number of hydrogen-bond acceptors (Lipinski definition) is 0. The average Bonchev–Trinajstić information content (AvgIpc) is 3.64. The SMILES string of the molecule is Cc1cc2c3c(c1)-n1c4ccc(C(C)(C)C)cc4c4cc(C(C)(C)C)cc(c41)B3n1c(-c3ccccc3C)c(-c3ccccc3C)c3cc(C(C)(C)C)cc-2c31. The second-order valence-electron chi connectivity index (χ2n) is 20.1. The van der Waals surface area contributed by atoms with Crippen molar-refractivity contribution in [3.05, 3.63) is 137 Å². The molecule has 0 aliphatic carbocycles. The molecular formula is C53H53BN2. The van der Waals surface area contributed by atoms with E-state index in [-0.39, 0.29) is 23.1 Å². The number of nitrogens with zero attached hydrogens (tertiary/aromatic N) is 2. The minimum atomic E-state index is -0.0406. The van der Waals surface area contributed by atoms with Gasteiger partial charge in [0.15, 0.2) is 0 Å². The van der Waals surface area contributed by atoms with E-state index in [1.807, 2.05) is 0 Å². The van der Waals surface area contributed by atoms with Crippen molar-refractivity contribution in [1.29, 1.82) is 0 Å². The van der Waals surface area contributed by atoms with Crippen LogP contribution in [0, 0.1) is 20.8 Å². The summed E-state index contributed by atoms with van der Waals surface area (Å²) in [6.45, 7) is 28.1. The summed E-state index contributed by atoms with van der Waals surface area (Å²) >= 11 is 0. The zero-order valence-electron chi connectivity index (χ0n) is 35.3. The number of benzene rings is 6. The fourth-order valence-electron chi connectivity index (χ4n) is 10.0. The molecule has 2 nitrogen and oxygen atoms in total. The van der Waals surface area contributed by atoms with Gasteiger partial charge < -0.3 is 9.05 Å². The Hall–Kier alpha value is -5.28. The molecule has 56 heavy (non-hydrogen) atoms. The third-order valence-corrected chi connectivity index (χ3v) is 13.1. The summed E-state index contributed by atoms with van der Waals surface area (Å²) in [5, 5.41) is 4.05. The van der Waals surface area contributed by atoms with E-state index in [2.05, 4.69) is 195 Å². The Morgan fingerprint density at radius 3 is 1.71 bits per heavy atom. The van der Waals surface area contributed by atoms with Crippen LogP contribution in [0.5, 0.6) is 0 Å². The smallest absolute Gasteiger partial charge is 0.333 e. The van der Waals surface area contributed by atoms with Gasteiger partial charge in [0.05, 0.1) is 11.0 Å². The van der Waals surface area contributed by atoms with Crippen molar-refractivity contribution in [1.82, 2.24) is 9.05 Å². The van der Waals surface area contributed by atoms with Crippen LogP contribution in [0.4, 0.5) is 0 Å². The van der Waals surface area contributed by atoms with Gasteiger partial charge in [-0.05, 0) is 129 Å². The lowest BCUT2D eigenvalue weighted by molar-refractivity contribution is 0.590. The van der Waals surface area contributed by atoms with Crippen LogP contribution in [0.2, 0.25) is 0 Å². The standard InChI is InChI=1S/C53H53BN2/c1-30-23-39-41-26-34(52(7,8)9)28-42-46(36-19-15-13-17-31(36)2)50(37-20-16-14-18-32(37)3)56(48(41)42)54-43-29-35(53(10,11)12)27-40-38-25-33(51(4,5)6)21-22-44(38)55(49(40)43)45(24-30)47(39)54/h13-29H,1-12H3. The van der Waals surface area contributed by atoms with Gasteiger partial charge in [-0.1, -0.05) is 129 Å². The summed E-state index contributed by atoms with van der Waals surface area (Å²) in [4.78, 5) is 0. The van der Waals surface area contributed by atoms with Gasteiger partial charge in [-0.25, -0.2) is 0 Å². The molecule has 278 valence electrons. The van der Waals surface area contributed by atoms with Gasteiger partial charge in [0.25, 0.3) is 0 Å². The molecule has 0 fully saturated rings. The van der Waals surface area contributed by atoms with Crippen LogP contribution in [0.3, 0.4) is 0 Å². The van der Waals surface area contributed by atoms with E-state index in [1.165, 1.54) is 116 Å². The highest BCUT2D eigenvalue weighted by atomic mass is 15.0. The number of hydrogen-bond donors (Lipinski definition) is 0. The molecule has 0 saturated carbocycles. The van der Waals surface area contributed by atoms with Gasteiger partial charge in [0.2, 0.25) is 0 Å². The van der Waals surface area contributed by atoms with Crippen molar-refractivity contribution >= 4 is 50.5 Å². The highest BCUT2D eigenvalue weighted by Gasteiger charge is 2.44. The lowest BCUT2D eigenvalue weighted by Crippen LogP contribution is -2.56. The molecule has 0 amide bonds. The first-order valence-electron chi connectivity index (χ1n) is 20.6. The number of aryl methyl sites for hydroxylation is 3. The molecule has 0 N–H and O–H groups in total. The Morgan fingerprint density at radius 2 is 1.07 bits per heavy atom. The van der Waals surface area contributed by atoms with Gasteiger partial charge in [-0.3, -0.25) is 0 Å². The maximum atomic E-state index is 2.80. The molecule has 0 spiro atoms. The molecule has 2 aliphatic rings. The van der Waals surface area contributed by atoms with Gasteiger partial charge in [0, 0.05) is 49.7 Å². The fourth-order valence-corrected chi connectivity index (χ4v) is 10.0. The van der Waals surface area contributed by atoms with Crippen molar-refractivity contribution < 1.29 is 0 Å². The molecule has 4 heterocycles. The topological polar surface area (TPSA) is 9.86 Å². The zero-order chi connectivity index (χ0) is 39.4. The zero-order valence-corrected chi connectivity index (χ0v) is 35.3. The van der Waals surface area contributed by atoms with E-state index >= 15 is 0 Å². The summed E-state index contributed by atoms with van der Waals surface area (Å²) in [6, 6.07) is 40.5. The quantitative estimate of drug-likeness (QED) is 0.157. The van der Waals surface area contributed by atoms with Crippen molar-refractivity contribution in [2.24, 2.45) is 0 Å². The van der Waals surface area contributed by atoms with Gasteiger partial charge in [-0.15, -0.1) is 0 Å². The van der Waals surface area contributed by atoms with Gasteiger partial charge in [0.1, 0.15) is 0 Å². The third kappa shape index (κ3) is 4.82. The molecule has 3 heteroatoms. The van der Waals surface area contributed by atoms with Crippen molar-refractivity contribution in [3.8, 4) is 39.2 Å². The van der Waals surface area contributed by atoms with E-state index in [4.69, 9.17) is 0 Å². The molecule has 0 saturated heterocycles. The molecule has 0 atom stereocenters. The highest BCUT2D eigenvalue weighted by Crippen LogP contribution is 2.51. The van der Waals surface area contributed by atoms with Gasteiger partial charge >= 0.3 is 6.85 Å². The molecule has 2 aliphatic heterocycles. The van der Waals surface area contributed by atoms with Crippen LogP contribution in [-0.2, 0) is 16.2 Å². The Bertz CT molecular complexity index is 3000. The minimum Gasteiger partial charge on any atom is -0.375 e. The normalized spacial score (nSPS) is 13.7. The number of rotatable bonds is 2. The lowest BCUT2D eigenvalue weighted by atomic mass is 9.45. The molecule has 0 bridgehead atoms. The number of fused-ring (bicyclic) bond motifs is 7. The van der Waals surface area contributed by atoms with Crippen LogP contribution in [-0.4, -0.2) is 15.9 Å². The Labute approximate surface area is 333 Å². The van der Waals surface area contributed by atoms with Crippen LogP contribution in [0.25, 0.3) is 71.9 Å². The second-order valence-corrected chi connectivity index (χ2v) is 20.1. The first-order valence-corrected chi connectivity index (χ1v) is 20.6. The first-order chi connectivity index (χ1) is 26.4. The van der Waals surface area contributed by atoms with Crippen LogP contribution in [0.1, 0.15) is 95.7 Å². The highest BCUT2D eigenvalue weighted by molar-refractivity contribution is 6.90. The average molecular weight is 729 g/mol. The first kappa shape index (κ1) is 35.2. The fraction of sp³-hybridized carbons (Fsp3) is 0.283. The molecule has 2 aromatic heterocycles. The summed E-state index contributed by atoms with van der Waals surface area (Å²) < 4.78 is 5.43. The maximum Gasteiger partial charge on any atom is 0.333 e. The molecule has 6 aromatic carbocycles. The maximum absolute atomic E-state index is 2.80. The second kappa shape index (κ2) is 11.4. The largest absolute Gasteiger partial charge is 0.375 e. The predicted molar refractivity (Wildman–Crippen MR) is 243 cm³/mol. The Kier molecular flexibility index (Phi) is 7.16. The summed E-state index contributed by atoms with van der Waals surface area (Å²) in [7, 11) is 0. The monoisotopic (exact) mass is 728 g/mol. The van der Waals surface area contributed by atoms with Crippen molar-refractivity contribution in [3.63, 3.8) is 0 Å². The Balaban J connectivity index is 1.49. The Morgan fingerprint density at radius 1 is 0.482 bits per heavy atom. The van der Waals surface area contributed by atoms with Crippen molar-refractivity contribution in [2.75, 3.05) is 0 Å². The molecular weight excluding hydrogens is 675 g/mol. The van der Waals surface area contributed by atoms with Gasteiger partial charge in [-0.2, -0.15) is 0 Å². The molecule has 0 radical (unpaired) electrons. The van der Waals surface area contributed by atoms with Crippen LogP contribution < -0.4 is 10.9 Å². The predicted octanol–water partition coefficient (Wildman–Crippen LogP) is 12.8. The van der Waals surface area contributed by atoms with E-state index in [0.29, 0.717) is 0 Å². The summed E-state index contributed by atoms with van der Waals surface area (Å²) in [5.74, 6) is 0. The van der Waals surface area contributed by atoms with E-state index in [0.717, 1.165) is 0 Å². The van der Waals surface area contributed by atoms with Crippen molar-refractivity contribution in [2.45, 2.75) is 99.3 Å². The van der Waals surface area contributed by atoms with E-state index in [1.54, 1.807) is 0 Å². The summed E-state index contributed by atoms with van der Waals surface area (Å²) in [6.07, 6.45) is 0. The van der Waals surface area contributed by atoms with E-state index < -0.39 is 0 Å². The van der Waals surface area contributed by atoms with Crippen LogP contribution >= 0.6 is 0 Å². The minimum absolute atomic E-state index is 0.0211. The third-order valence-electron chi connectivity index (χ3n) is 13.1. The van der Waals surface area contributed by atoms with E-state index in [9.17, 15) is 0 Å². The molecule has 0 unspecified atom stereocenters. The summed E-state index contributed by atoms with van der Waals surface area (Å²) in [5.41, 5.74) is 24.0. The lowest BCUT2D eigenvalue weighted by Gasteiger charge is -2.36. The van der Waals surface area contributed by atoms with Crippen LogP contribution in [0.15, 0.2) is 103 Å².